The smallest absolute Gasteiger partial charge is 0.329 e. The number of hydrogen-bond acceptors (Lipinski definition) is 6. The van der Waals surface area contributed by atoms with Crippen LogP contribution in [-0.4, -0.2) is 53.9 Å². The molecule has 0 spiro atoms. The summed E-state index contributed by atoms with van der Waals surface area (Å²) in [5, 5.41) is 30.0. The maximum absolute atomic E-state index is 12.8. The van der Waals surface area contributed by atoms with E-state index in [-0.39, 0.29) is 17.9 Å². The van der Waals surface area contributed by atoms with Crippen molar-refractivity contribution in [1.29, 1.82) is 5.41 Å². The van der Waals surface area contributed by atoms with E-state index in [1.54, 1.807) is 0 Å². The zero-order chi connectivity index (χ0) is 26.0. The van der Waals surface area contributed by atoms with Gasteiger partial charge in [0.1, 0.15) is 23.2 Å². The second-order valence-corrected chi connectivity index (χ2v) is 9.79. The molecule has 0 aliphatic carbocycles. The van der Waals surface area contributed by atoms with Crippen molar-refractivity contribution in [2.45, 2.75) is 43.7 Å². The highest BCUT2D eigenvalue weighted by Crippen LogP contribution is 2.44. The highest BCUT2D eigenvalue weighted by molar-refractivity contribution is 5.99. The molecular weight excluding hydrogens is 466 g/mol. The summed E-state index contributed by atoms with van der Waals surface area (Å²) in [5.74, 6) is -0.397. The van der Waals surface area contributed by atoms with E-state index in [1.165, 1.54) is 0 Å². The van der Waals surface area contributed by atoms with E-state index < -0.39 is 11.5 Å². The monoisotopic (exact) mass is 499 g/mol. The molecule has 5 N–H and O–H groups in total. The minimum Gasteiger partial charge on any atom is -0.490 e. The fraction of sp³-hybridized carbons (Fsp3) is 0.345. The summed E-state index contributed by atoms with van der Waals surface area (Å²) in [7, 11) is 0. The molecule has 2 unspecified atom stereocenters. The Bertz CT molecular complexity index is 1330. The van der Waals surface area contributed by atoms with Crippen LogP contribution in [0.2, 0.25) is 0 Å². The number of nitrogen functional groups attached to an aromatic ring is 1. The van der Waals surface area contributed by atoms with E-state index >= 15 is 0 Å². The van der Waals surface area contributed by atoms with E-state index in [9.17, 15) is 9.90 Å². The lowest BCUT2D eigenvalue weighted by atomic mass is 9.75. The number of benzene rings is 3. The molecule has 5 rings (SSSR count). The minimum atomic E-state index is -1.24. The zero-order valence-electron chi connectivity index (χ0n) is 21.0. The van der Waals surface area contributed by atoms with Gasteiger partial charge in [-0.1, -0.05) is 42.5 Å². The van der Waals surface area contributed by atoms with Crippen LogP contribution in [0.3, 0.4) is 0 Å². The fourth-order valence-corrected chi connectivity index (χ4v) is 5.70. The molecule has 8 heteroatoms. The topological polar surface area (TPSA) is 124 Å². The minimum absolute atomic E-state index is 0.0112. The standard InChI is InChI=1S/C29H33N5O3/c1-2-33-34-15-12-25(13-16-34)37-24-9-7-23(8-10-24)29(28(35)36)26(11-14-32-29)20-5-3-19-4-6-21(27(30)31)18-22(19)17-20/h2-10,17-18,25-26,32H,11-16H2,1H3,(H3,30,31)(H,35,36)/b33-2+. The first-order valence-corrected chi connectivity index (χ1v) is 12.8. The summed E-state index contributed by atoms with van der Waals surface area (Å²) >= 11 is 0. The lowest BCUT2D eigenvalue weighted by Crippen LogP contribution is -2.48. The van der Waals surface area contributed by atoms with Crippen molar-refractivity contribution in [3.63, 3.8) is 0 Å². The van der Waals surface area contributed by atoms with E-state index in [2.05, 4.69) is 15.4 Å². The first-order valence-electron chi connectivity index (χ1n) is 12.8. The van der Waals surface area contributed by atoms with Gasteiger partial charge in [0.05, 0.1) is 0 Å². The molecule has 0 aromatic heterocycles. The number of hydrogen-bond donors (Lipinski definition) is 4. The van der Waals surface area contributed by atoms with E-state index in [0.717, 1.165) is 48.0 Å². The Morgan fingerprint density at radius 2 is 1.84 bits per heavy atom. The summed E-state index contributed by atoms with van der Waals surface area (Å²) in [6.07, 6.45) is 4.42. The third kappa shape index (κ3) is 4.76. The Kier molecular flexibility index (Phi) is 6.84. The van der Waals surface area contributed by atoms with E-state index in [4.69, 9.17) is 15.9 Å². The number of ether oxygens (including phenoxy) is 1. The molecule has 37 heavy (non-hydrogen) atoms. The van der Waals surface area contributed by atoms with Crippen molar-refractivity contribution in [2.75, 3.05) is 19.6 Å². The molecule has 2 saturated heterocycles. The number of fused-ring (bicyclic) bond motifs is 1. The van der Waals surface area contributed by atoms with Crippen LogP contribution in [0.4, 0.5) is 0 Å². The van der Waals surface area contributed by atoms with Gasteiger partial charge in [-0.15, -0.1) is 0 Å². The van der Waals surface area contributed by atoms with Crippen molar-refractivity contribution in [3.05, 3.63) is 77.4 Å². The molecule has 2 aliphatic rings. The van der Waals surface area contributed by atoms with Crippen LogP contribution in [0.1, 0.15) is 48.8 Å². The number of hydrazone groups is 1. The van der Waals surface area contributed by atoms with Gasteiger partial charge in [-0.3, -0.25) is 15.7 Å². The molecule has 0 amide bonds. The maximum atomic E-state index is 12.8. The Balaban J connectivity index is 1.40. The average molecular weight is 500 g/mol. The number of carboxylic acids is 1. The average Bonchev–Trinajstić information content (AvgIpc) is 3.36. The van der Waals surface area contributed by atoms with Crippen LogP contribution in [0.25, 0.3) is 10.8 Å². The normalized spacial score (nSPS) is 22.5. The van der Waals surface area contributed by atoms with Gasteiger partial charge in [-0.2, -0.15) is 5.10 Å². The SMILES string of the molecule is C/C=N/N1CCC(Oc2ccc(C3(C(=O)O)NCCC3c3ccc4ccc(C(=N)N)cc4c3)cc2)CC1. The fourth-order valence-electron chi connectivity index (χ4n) is 5.70. The van der Waals surface area contributed by atoms with Gasteiger partial charge in [0, 0.05) is 43.6 Å². The van der Waals surface area contributed by atoms with Crippen LogP contribution < -0.4 is 15.8 Å². The molecular formula is C29H33N5O3. The maximum Gasteiger partial charge on any atom is 0.329 e. The summed E-state index contributed by atoms with van der Waals surface area (Å²) in [4.78, 5) is 12.8. The van der Waals surface area contributed by atoms with Gasteiger partial charge < -0.3 is 15.6 Å². The van der Waals surface area contributed by atoms with Gasteiger partial charge in [-0.25, -0.2) is 4.79 Å². The predicted molar refractivity (Wildman–Crippen MR) is 145 cm³/mol. The number of nitrogens with two attached hydrogens (primary N) is 1. The van der Waals surface area contributed by atoms with Gasteiger partial charge in [-0.05, 0) is 60.0 Å². The van der Waals surface area contributed by atoms with Crippen molar-refractivity contribution in [1.82, 2.24) is 10.3 Å². The zero-order valence-corrected chi connectivity index (χ0v) is 21.0. The molecule has 3 aromatic carbocycles. The number of aliphatic carboxylic acids is 1. The first kappa shape index (κ1) is 24.8. The molecule has 8 nitrogen and oxygen atoms in total. The number of amidine groups is 1. The Labute approximate surface area is 216 Å². The predicted octanol–water partition coefficient (Wildman–Crippen LogP) is 4.03. The highest BCUT2D eigenvalue weighted by atomic mass is 16.5. The summed E-state index contributed by atoms with van der Waals surface area (Å²) in [6.45, 7) is 4.24. The van der Waals surface area contributed by atoms with Crippen LogP contribution in [0.5, 0.6) is 5.75 Å². The number of carbonyl (C=O) groups is 1. The van der Waals surface area contributed by atoms with Crippen molar-refractivity contribution in [3.8, 4) is 5.75 Å². The van der Waals surface area contributed by atoms with Crippen molar-refractivity contribution in [2.24, 2.45) is 10.8 Å². The van der Waals surface area contributed by atoms with Crippen LogP contribution >= 0.6 is 0 Å². The van der Waals surface area contributed by atoms with Crippen LogP contribution in [0, 0.1) is 5.41 Å². The third-order valence-corrected chi connectivity index (χ3v) is 7.58. The second kappa shape index (κ2) is 10.2. The largest absolute Gasteiger partial charge is 0.490 e. The molecule has 0 radical (unpaired) electrons. The number of nitrogens with one attached hydrogen (secondary N) is 2. The quantitative estimate of drug-likeness (QED) is 0.287. The molecule has 192 valence electrons. The molecule has 0 saturated carbocycles. The Morgan fingerprint density at radius 3 is 2.51 bits per heavy atom. The molecule has 2 heterocycles. The third-order valence-electron chi connectivity index (χ3n) is 7.58. The van der Waals surface area contributed by atoms with Crippen molar-refractivity contribution >= 4 is 28.8 Å². The van der Waals surface area contributed by atoms with E-state index in [0.29, 0.717) is 24.1 Å². The van der Waals surface area contributed by atoms with Gasteiger partial charge in [0.2, 0.25) is 0 Å². The van der Waals surface area contributed by atoms with Gasteiger partial charge >= 0.3 is 5.97 Å². The van der Waals surface area contributed by atoms with E-state index in [1.807, 2.05) is 73.8 Å². The summed E-state index contributed by atoms with van der Waals surface area (Å²) in [6, 6.07) is 19.2. The molecule has 2 aliphatic heterocycles. The highest BCUT2D eigenvalue weighted by Gasteiger charge is 2.51. The molecule has 2 atom stereocenters. The number of nitrogens with zero attached hydrogens (tertiary/aromatic N) is 2. The number of rotatable bonds is 7. The summed E-state index contributed by atoms with van der Waals surface area (Å²) in [5.41, 5.74) is 6.75. The van der Waals surface area contributed by atoms with Crippen LogP contribution in [-0.2, 0) is 10.3 Å². The van der Waals surface area contributed by atoms with Gasteiger partial charge in [0.25, 0.3) is 0 Å². The van der Waals surface area contributed by atoms with Crippen LogP contribution in [0.15, 0.2) is 65.8 Å². The van der Waals surface area contributed by atoms with Crippen molar-refractivity contribution < 1.29 is 14.6 Å². The molecule has 2 fully saturated rings. The second-order valence-electron chi connectivity index (χ2n) is 9.79. The lowest BCUT2D eigenvalue weighted by Gasteiger charge is -2.33. The number of carboxylic acid groups (broad SMARTS) is 1. The summed E-state index contributed by atoms with van der Waals surface area (Å²) < 4.78 is 6.21. The molecule has 0 bridgehead atoms. The lowest BCUT2D eigenvalue weighted by molar-refractivity contribution is -0.145. The Morgan fingerprint density at radius 1 is 1.11 bits per heavy atom. The Hall–Kier alpha value is -3.91. The molecule has 3 aromatic rings. The first-order chi connectivity index (χ1) is 17.9. The number of piperidine rings is 1. The van der Waals surface area contributed by atoms with Gasteiger partial charge in [0.15, 0.2) is 0 Å².